The number of hydrogen-bond acceptors (Lipinski definition) is 2. The maximum absolute atomic E-state index is 6.71. The standard InChI is InChI=1S/C32H29NO/c1-19(2)21-14-17-33-26(18-21)28-20(3)10-11-24-29-27(34-31(24)28)13-12-23-22-8-4-5-9-25(22)32(30(23)29)15-6-7-16-32/h4-5,8-14,17-19H,6-7,15-16H2,1-3H3. The second-order valence-corrected chi connectivity index (χ2v) is 10.6. The van der Waals surface area contributed by atoms with Gasteiger partial charge in [0.05, 0.1) is 5.69 Å². The Kier molecular flexibility index (Phi) is 4.16. The van der Waals surface area contributed by atoms with E-state index in [1.54, 1.807) is 0 Å². The average Bonchev–Trinajstić information content (AvgIpc) is 3.55. The van der Waals surface area contributed by atoms with E-state index < -0.39 is 0 Å². The molecule has 2 nitrogen and oxygen atoms in total. The van der Waals surface area contributed by atoms with Gasteiger partial charge in [-0.1, -0.05) is 69.2 Å². The van der Waals surface area contributed by atoms with Crippen LogP contribution in [0.25, 0.3) is 44.3 Å². The van der Waals surface area contributed by atoms with Crippen molar-refractivity contribution in [2.75, 3.05) is 0 Å². The van der Waals surface area contributed by atoms with Gasteiger partial charge in [-0.05, 0) is 77.3 Å². The molecule has 168 valence electrons. The predicted octanol–water partition coefficient (Wildman–Crippen LogP) is 8.92. The molecule has 0 amide bonds. The molecule has 0 atom stereocenters. The number of fused-ring (bicyclic) bond motifs is 9. The summed E-state index contributed by atoms with van der Waals surface area (Å²) in [6, 6.07) is 22.4. The summed E-state index contributed by atoms with van der Waals surface area (Å²) in [7, 11) is 0. The van der Waals surface area contributed by atoms with E-state index in [-0.39, 0.29) is 5.41 Å². The van der Waals surface area contributed by atoms with Crippen molar-refractivity contribution in [2.24, 2.45) is 0 Å². The molecule has 0 unspecified atom stereocenters. The molecule has 0 saturated heterocycles. The van der Waals surface area contributed by atoms with Crippen LogP contribution in [-0.2, 0) is 5.41 Å². The molecule has 0 N–H and O–H groups in total. The molecule has 2 heteroatoms. The van der Waals surface area contributed by atoms with Gasteiger partial charge in [0.15, 0.2) is 0 Å². The van der Waals surface area contributed by atoms with Gasteiger partial charge in [0.1, 0.15) is 11.2 Å². The summed E-state index contributed by atoms with van der Waals surface area (Å²) < 4.78 is 6.71. The fourth-order valence-corrected chi connectivity index (χ4v) is 6.78. The Morgan fingerprint density at radius 2 is 1.74 bits per heavy atom. The third kappa shape index (κ3) is 2.54. The minimum atomic E-state index is 0.114. The van der Waals surface area contributed by atoms with E-state index in [2.05, 4.69) is 81.4 Å². The highest BCUT2D eigenvalue weighted by atomic mass is 16.3. The zero-order valence-corrected chi connectivity index (χ0v) is 20.1. The molecule has 2 aliphatic rings. The SMILES string of the molecule is Cc1ccc2c(oc3ccc4c(c32)C2(CCCC2)c2ccccc2-4)c1-c1cc(C(C)C)ccn1. The normalized spacial score (nSPS) is 16.1. The largest absolute Gasteiger partial charge is 0.455 e. The van der Waals surface area contributed by atoms with E-state index in [4.69, 9.17) is 9.40 Å². The fourth-order valence-electron chi connectivity index (χ4n) is 6.78. The highest BCUT2D eigenvalue weighted by molar-refractivity contribution is 6.14. The van der Waals surface area contributed by atoms with Crippen molar-refractivity contribution in [1.29, 1.82) is 0 Å². The molecular formula is C32H29NO. The van der Waals surface area contributed by atoms with Crippen molar-refractivity contribution in [3.05, 3.63) is 89.1 Å². The first kappa shape index (κ1) is 20.0. The zero-order valence-electron chi connectivity index (χ0n) is 20.1. The lowest BCUT2D eigenvalue weighted by atomic mass is 9.75. The van der Waals surface area contributed by atoms with Gasteiger partial charge in [-0.15, -0.1) is 0 Å². The summed E-state index contributed by atoms with van der Waals surface area (Å²) in [5, 5.41) is 2.54. The van der Waals surface area contributed by atoms with Gasteiger partial charge in [-0.25, -0.2) is 0 Å². The van der Waals surface area contributed by atoms with Crippen LogP contribution in [0.15, 0.2) is 71.3 Å². The number of nitrogens with zero attached hydrogens (tertiary/aromatic N) is 1. The number of hydrogen-bond donors (Lipinski definition) is 0. The second-order valence-electron chi connectivity index (χ2n) is 10.6. The molecule has 34 heavy (non-hydrogen) atoms. The minimum Gasteiger partial charge on any atom is -0.455 e. The van der Waals surface area contributed by atoms with Crippen LogP contribution in [0.2, 0.25) is 0 Å². The van der Waals surface area contributed by atoms with Crippen LogP contribution in [0.5, 0.6) is 0 Å². The van der Waals surface area contributed by atoms with Crippen molar-refractivity contribution in [3.8, 4) is 22.4 Å². The van der Waals surface area contributed by atoms with Crippen molar-refractivity contribution in [3.63, 3.8) is 0 Å². The highest BCUT2D eigenvalue weighted by Gasteiger charge is 2.46. The number of benzene rings is 3. The van der Waals surface area contributed by atoms with Crippen LogP contribution < -0.4 is 0 Å². The Morgan fingerprint density at radius 3 is 2.56 bits per heavy atom. The summed E-state index contributed by atoms with van der Waals surface area (Å²) in [4.78, 5) is 4.79. The molecule has 1 fully saturated rings. The molecular weight excluding hydrogens is 414 g/mol. The van der Waals surface area contributed by atoms with Gasteiger partial charge in [-0.3, -0.25) is 4.98 Å². The summed E-state index contributed by atoms with van der Waals surface area (Å²) in [5.74, 6) is 0.459. The molecule has 2 aliphatic carbocycles. The number of rotatable bonds is 2. The Bertz CT molecular complexity index is 1600. The molecule has 5 aromatic rings. The van der Waals surface area contributed by atoms with Gasteiger partial charge in [0.2, 0.25) is 0 Å². The fraction of sp³-hybridized carbons (Fsp3) is 0.281. The maximum atomic E-state index is 6.71. The number of aryl methyl sites for hydroxylation is 1. The van der Waals surface area contributed by atoms with Crippen LogP contribution in [0.1, 0.15) is 67.7 Å². The first-order valence-electron chi connectivity index (χ1n) is 12.6. The van der Waals surface area contributed by atoms with Crippen LogP contribution >= 0.6 is 0 Å². The lowest BCUT2D eigenvalue weighted by Crippen LogP contribution is -2.20. The summed E-state index contributed by atoms with van der Waals surface area (Å²) in [5.41, 5.74) is 12.6. The monoisotopic (exact) mass is 443 g/mol. The van der Waals surface area contributed by atoms with Gasteiger partial charge in [0, 0.05) is 27.9 Å². The third-order valence-corrected chi connectivity index (χ3v) is 8.39. The van der Waals surface area contributed by atoms with Crippen molar-refractivity contribution >= 4 is 21.9 Å². The maximum Gasteiger partial charge on any atom is 0.145 e. The summed E-state index contributed by atoms with van der Waals surface area (Å²) in [6.45, 7) is 6.63. The Balaban J connectivity index is 1.57. The van der Waals surface area contributed by atoms with Crippen molar-refractivity contribution in [2.45, 2.75) is 57.8 Å². The van der Waals surface area contributed by atoms with Crippen LogP contribution in [0.4, 0.5) is 0 Å². The van der Waals surface area contributed by atoms with Crippen molar-refractivity contribution < 1.29 is 4.42 Å². The molecule has 0 bridgehead atoms. The Labute approximate surface area is 200 Å². The first-order chi connectivity index (χ1) is 16.6. The Morgan fingerprint density at radius 1 is 0.912 bits per heavy atom. The van der Waals surface area contributed by atoms with Gasteiger partial charge >= 0.3 is 0 Å². The predicted molar refractivity (Wildman–Crippen MR) is 140 cm³/mol. The molecule has 1 spiro atoms. The van der Waals surface area contributed by atoms with Crippen molar-refractivity contribution in [1.82, 2.24) is 4.98 Å². The van der Waals surface area contributed by atoms with E-state index in [1.807, 2.05) is 6.20 Å². The minimum absolute atomic E-state index is 0.114. The van der Waals surface area contributed by atoms with E-state index in [1.165, 1.54) is 69.8 Å². The molecule has 7 rings (SSSR count). The smallest absolute Gasteiger partial charge is 0.145 e. The average molecular weight is 444 g/mol. The molecule has 0 radical (unpaired) electrons. The van der Waals surface area contributed by atoms with E-state index in [0.29, 0.717) is 5.92 Å². The molecule has 0 aliphatic heterocycles. The van der Waals surface area contributed by atoms with E-state index in [0.717, 1.165) is 22.4 Å². The van der Waals surface area contributed by atoms with Gasteiger partial charge in [0.25, 0.3) is 0 Å². The number of pyridine rings is 1. The van der Waals surface area contributed by atoms with E-state index in [9.17, 15) is 0 Å². The van der Waals surface area contributed by atoms with Crippen LogP contribution in [-0.4, -0.2) is 4.98 Å². The molecule has 3 aromatic carbocycles. The molecule has 1 saturated carbocycles. The highest BCUT2D eigenvalue weighted by Crippen LogP contribution is 2.59. The quantitative estimate of drug-likeness (QED) is 0.272. The number of furan rings is 1. The van der Waals surface area contributed by atoms with Crippen LogP contribution in [0.3, 0.4) is 0 Å². The van der Waals surface area contributed by atoms with Gasteiger partial charge in [-0.2, -0.15) is 0 Å². The third-order valence-electron chi connectivity index (χ3n) is 8.39. The lowest BCUT2D eigenvalue weighted by Gasteiger charge is -2.27. The number of aromatic nitrogens is 1. The van der Waals surface area contributed by atoms with Crippen LogP contribution in [0, 0.1) is 6.92 Å². The topological polar surface area (TPSA) is 26.0 Å². The molecule has 2 aromatic heterocycles. The van der Waals surface area contributed by atoms with Gasteiger partial charge < -0.3 is 4.42 Å². The zero-order chi connectivity index (χ0) is 23.0. The summed E-state index contributed by atoms with van der Waals surface area (Å²) >= 11 is 0. The lowest BCUT2D eigenvalue weighted by molar-refractivity contribution is 0.554. The summed E-state index contributed by atoms with van der Waals surface area (Å²) in [6.07, 6.45) is 6.96. The Hall–Kier alpha value is -3.39. The molecule has 2 heterocycles. The first-order valence-corrected chi connectivity index (χ1v) is 12.6. The second kappa shape index (κ2) is 7.06. The van der Waals surface area contributed by atoms with E-state index >= 15 is 0 Å².